The summed E-state index contributed by atoms with van der Waals surface area (Å²) in [6.45, 7) is 0. The van der Waals surface area contributed by atoms with Crippen LogP contribution in [0.15, 0.2) is 58.3 Å². The van der Waals surface area contributed by atoms with Crippen molar-refractivity contribution in [3.05, 3.63) is 59.9 Å². The van der Waals surface area contributed by atoms with Crippen LogP contribution in [0.3, 0.4) is 0 Å². The van der Waals surface area contributed by atoms with Crippen LogP contribution in [0, 0.1) is 5.82 Å². The predicted octanol–water partition coefficient (Wildman–Crippen LogP) is 4.27. The van der Waals surface area contributed by atoms with E-state index in [9.17, 15) is 4.39 Å². The van der Waals surface area contributed by atoms with E-state index in [0.29, 0.717) is 0 Å². The van der Waals surface area contributed by atoms with E-state index in [1.165, 1.54) is 12.1 Å². The van der Waals surface area contributed by atoms with Crippen molar-refractivity contribution in [2.45, 2.75) is 16.1 Å². The van der Waals surface area contributed by atoms with E-state index < -0.39 is 6.29 Å². The molecule has 0 amide bonds. The van der Waals surface area contributed by atoms with Crippen LogP contribution in [0.25, 0.3) is 0 Å². The zero-order chi connectivity index (χ0) is 13.7. The Bertz CT molecular complexity index is 524. The van der Waals surface area contributed by atoms with Crippen molar-refractivity contribution in [1.82, 2.24) is 0 Å². The van der Waals surface area contributed by atoms with Crippen LogP contribution in [-0.4, -0.2) is 14.2 Å². The molecule has 0 aliphatic rings. The summed E-state index contributed by atoms with van der Waals surface area (Å²) in [5.41, 5.74) is 0.960. The first-order chi connectivity index (χ1) is 9.24. The van der Waals surface area contributed by atoms with E-state index >= 15 is 0 Å². The second-order valence-electron chi connectivity index (χ2n) is 3.90. The summed E-state index contributed by atoms with van der Waals surface area (Å²) in [6, 6.07) is 14.3. The Labute approximate surface area is 116 Å². The summed E-state index contributed by atoms with van der Waals surface area (Å²) in [5.74, 6) is -0.232. The molecule has 0 spiro atoms. The maximum Gasteiger partial charge on any atom is 0.184 e. The van der Waals surface area contributed by atoms with Crippen LogP contribution in [0.2, 0.25) is 0 Å². The molecule has 100 valence electrons. The van der Waals surface area contributed by atoms with Crippen molar-refractivity contribution in [3.8, 4) is 0 Å². The van der Waals surface area contributed by atoms with E-state index in [1.807, 2.05) is 24.3 Å². The molecule has 0 aliphatic carbocycles. The molecule has 2 aromatic rings. The van der Waals surface area contributed by atoms with Gasteiger partial charge in [-0.25, -0.2) is 4.39 Å². The molecule has 0 saturated carbocycles. The zero-order valence-electron chi connectivity index (χ0n) is 10.8. The number of hydrogen-bond donors (Lipinski definition) is 0. The Balaban J connectivity index is 2.27. The van der Waals surface area contributed by atoms with Crippen molar-refractivity contribution in [3.63, 3.8) is 0 Å². The second-order valence-corrected chi connectivity index (χ2v) is 5.01. The summed E-state index contributed by atoms with van der Waals surface area (Å²) < 4.78 is 23.5. The molecule has 0 atom stereocenters. The summed E-state index contributed by atoms with van der Waals surface area (Å²) in [5, 5.41) is 0. The highest BCUT2D eigenvalue weighted by atomic mass is 32.2. The summed E-state index contributed by atoms with van der Waals surface area (Å²) in [7, 11) is 3.21. The van der Waals surface area contributed by atoms with Crippen molar-refractivity contribution >= 4 is 11.8 Å². The first kappa shape index (κ1) is 14.1. The van der Waals surface area contributed by atoms with Gasteiger partial charge in [-0.2, -0.15) is 0 Å². The Morgan fingerprint density at radius 2 is 1.58 bits per heavy atom. The number of hydrogen-bond acceptors (Lipinski definition) is 3. The highest BCUT2D eigenvalue weighted by Gasteiger charge is 2.14. The number of ether oxygens (including phenoxy) is 2. The molecular formula is C15H15FO2S. The fourth-order valence-corrected chi connectivity index (χ4v) is 2.70. The minimum absolute atomic E-state index is 0.232. The SMILES string of the molecule is COC(OC)c1ccccc1Sc1ccc(F)cc1. The molecule has 0 bridgehead atoms. The van der Waals surface area contributed by atoms with E-state index in [-0.39, 0.29) is 5.82 Å². The smallest absolute Gasteiger partial charge is 0.184 e. The number of halogens is 1. The van der Waals surface area contributed by atoms with E-state index in [2.05, 4.69) is 0 Å². The van der Waals surface area contributed by atoms with Gasteiger partial charge in [-0.15, -0.1) is 0 Å². The van der Waals surface area contributed by atoms with E-state index in [1.54, 1.807) is 38.1 Å². The molecule has 0 unspecified atom stereocenters. The highest BCUT2D eigenvalue weighted by molar-refractivity contribution is 7.99. The van der Waals surface area contributed by atoms with Crippen molar-refractivity contribution in [2.24, 2.45) is 0 Å². The van der Waals surface area contributed by atoms with Crippen molar-refractivity contribution in [2.75, 3.05) is 14.2 Å². The lowest BCUT2D eigenvalue weighted by Gasteiger charge is -2.17. The molecule has 0 heterocycles. The van der Waals surface area contributed by atoms with Gasteiger partial charge in [-0.05, 0) is 30.3 Å². The molecule has 19 heavy (non-hydrogen) atoms. The maximum absolute atomic E-state index is 12.9. The average molecular weight is 278 g/mol. The predicted molar refractivity (Wildman–Crippen MR) is 73.7 cm³/mol. The van der Waals surface area contributed by atoms with Gasteiger partial charge in [0.05, 0.1) is 0 Å². The molecule has 2 rings (SSSR count). The molecule has 2 aromatic carbocycles. The molecule has 0 saturated heterocycles. The zero-order valence-corrected chi connectivity index (χ0v) is 11.6. The quantitative estimate of drug-likeness (QED) is 0.761. The molecule has 0 aromatic heterocycles. The Morgan fingerprint density at radius 3 is 2.21 bits per heavy atom. The number of benzene rings is 2. The Hall–Kier alpha value is -1.36. The fraction of sp³-hybridized carbons (Fsp3) is 0.200. The molecule has 0 fully saturated rings. The van der Waals surface area contributed by atoms with Gasteiger partial charge in [0.1, 0.15) is 5.82 Å². The molecule has 2 nitrogen and oxygen atoms in total. The van der Waals surface area contributed by atoms with Crippen LogP contribution < -0.4 is 0 Å². The van der Waals surface area contributed by atoms with Crippen LogP contribution >= 0.6 is 11.8 Å². The highest BCUT2D eigenvalue weighted by Crippen LogP contribution is 2.34. The molecule has 4 heteroatoms. The fourth-order valence-electron chi connectivity index (χ4n) is 1.75. The van der Waals surface area contributed by atoms with Gasteiger partial charge in [0, 0.05) is 29.6 Å². The third-order valence-corrected chi connectivity index (χ3v) is 3.74. The topological polar surface area (TPSA) is 18.5 Å². The normalized spacial score (nSPS) is 10.9. The second kappa shape index (κ2) is 6.70. The first-order valence-corrected chi connectivity index (χ1v) is 6.64. The van der Waals surface area contributed by atoms with Crippen LogP contribution in [-0.2, 0) is 9.47 Å². The summed E-state index contributed by atoms with van der Waals surface area (Å²) in [4.78, 5) is 2.00. The van der Waals surface area contributed by atoms with Gasteiger partial charge in [-0.1, -0.05) is 30.0 Å². The van der Waals surface area contributed by atoms with Crippen molar-refractivity contribution in [1.29, 1.82) is 0 Å². The third-order valence-electron chi connectivity index (χ3n) is 2.64. The maximum atomic E-state index is 12.9. The lowest BCUT2D eigenvalue weighted by Crippen LogP contribution is -2.04. The Morgan fingerprint density at radius 1 is 0.947 bits per heavy atom. The van der Waals surface area contributed by atoms with Crippen LogP contribution in [0.5, 0.6) is 0 Å². The van der Waals surface area contributed by atoms with Gasteiger partial charge in [0.25, 0.3) is 0 Å². The average Bonchev–Trinajstić information content (AvgIpc) is 2.44. The van der Waals surface area contributed by atoms with Crippen LogP contribution in [0.4, 0.5) is 4.39 Å². The minimum Gasteiger partial charge on any atom is -0.352 e. The number of methoxy groups -OCH3 is 2. The number of rotatable bonds is 5. The summed E-state index contributed by atoms with van der Waals surface area (Å²) in [6.07, 6.45) is -0.399. The molecule has 0 aliphatic heterocycles. The first-order valence-electron chi connectivity index (χ1n) is 5.82. The van der Waals surface area contributed by atoms with Crippen LogP contribution in [0.1, 0.15) is 11.9 Å². The molecular weight excluding hydrogens is 263 g/mol. The lowest BCUT2D eigenvalue weighted by atomic mass is 10.2. The Kier molecular flexibility index (Phi) is 4.96. The van der Waals surface area contributed by atoms with Gasteiger partial charge in [0.2, 0.25) is 0 Å². The van der Waals surface area contributed by atoms with Gasteiger partial charge < -0.3 is 9.47 Å². The summed E-state index contributed by atoms with van der Waals surface area (Å²) >= 11 is 1.56. The monoisotopic (exact) mass is 278 g/mol. The van der Waals surface area contributed by atoms with Gasteiger partial charge >= 0.3 is 0 Å². The molecule has 0 N–H and O–H groups in total. The van der Waals surface area contributed by atoms with Gasteiger partial charge in [-0.3, -0.25) is 0 Å². The standard InChI is InChI=1S/C15H15FO2S/c1-17-15(18-2)13-5-3-4-6-14(13)19-12-9-7-11(16)8-10-12/h3-10,15H,1-2H3. The third kappa shape index (κ3) is 3.56. The van der Waals surface area contributed by atoms with E-state index in [0.717, 1.165) is 15.4 Å². The molecule has 0 radical (unpaired) electrons. The van der Waals surface area contributed by atoms with Gasteiger partial charge in [0.15, 0.2) is 6.29 Å². The lowest BCUT2D eigenvalue weighted by molar-refractivity contribution is -0.107. The van der Waals surface area contributed by atoms with E-state index in [4.69, 9.17) is 9.47 Å². The van der Waals surface area contributed by atoms with Crippen molar-refractivity contribution < 1.29 is 13.9 Å². The largest absolute Gasteiger partial charge is 0.352 e. The minimum atomic E-state index is -0.399.